The predicted molar refractivity (Wildman–Crippen MR) is 74.7 cm³/mol. The Hall–Kier alpha value is -0.0800. The normalized spacial score (nSPS) is 39.8. The zero-order valence-electron chi connectivity index (χ0n) is 12.3. The molecule has 1 saturated heterocycles. The average Bonchev–Trinajstić information content (AvgIpc) is 2.75. The molecule has 0 amide bonds. The average molecular weight is 251 g/mol. The van der Waals surface area contributed by atoms with Crippen molar-refractivity contribution < 1.29 is 4.74 Å². The van der Waals surface area contributed by atoms with Crippen LogP contribution in [0.25, 0.3) is 0 Å². The highest BCUT2D eigenvalue weighted by molar-refractivity contribution is 5.02. The number of hydrogen-bond donors (Lipinski definition) is 1. The Bertz CT molecular complexity index is 301. The molecule has 2 aliphatic carbocycles. The lowest BCUT2D eigenvalue weighted by Crippen LogP contribution is -2.63. The van der Waals surface area contributed by atoms with E-state index in [-0.39, 0.29) is 0 Å². The lowest BCUT2D eigenvalue weighted by molar-refractivity contribution is -0.0917. The minimum absolute atomic E-state index is 0.348. The minimum Gasteiger partial charge on any atom is -0.375 e. The Morgan fingerprint density at radius 1 is 1.11 bits per heavy atom. The number of ether oxygens (including phenoxy) is 1. The molecule has 104 valence electrons. The molecule has 3 fully saturated rings. The van der Waals surface area contributed by atoms with Crippen LogP contribution >= 0.6 is 0 Å². The summed E-state index contributed by atoms with van der Waals surface area (Å²) in [4.78, 5) is 0. The van der Waals surface area contributed by atoms with Crippen molar-refractivity contribution in [1.82, 2.24) is 5.32 Å². The molecule has 0 aromatic rings. The van der Waals surface area contributed by atoms with Crippen LogP contribution in [-0.4, -0.2) is 24.3 Å². The van der Waals surface area contributed by atoms with Crippen LogP contribution in [0, 0.1) is 11.3 Å². The van der Waals surface area contributed by atoms with Crippen molar-refractivity contribution in [2.45, 2.75) is 83.4 Å². The second-order valence-corrected chi connectivity index (χ2v) is 7.96. The Balaban J connectivity index is 1.68. The van der Waals surface area contributed by atoms with Crippen molar-refractivity contribution in [1.29, 1.82) is 0 Å². The van der Waals surface area contributed by atoms with Crippen LogP contribution in [0.3, 0.4) is 0 Å². The number of hydrogen-bond acceptors (Lipinski definition) is 2. The fraction of sp³-hybridized carbons (Fsp3) is 1.00. The van der Waals surface area contributed by atoms with E-state index >= 15 is 0 Å². The Morgan fingerprint density at radius 2 is 1.83 bits per heavy atom. The van der Waals surface area contributed by atoms with Crippen LogP contribution in [0.2, 0.25) is 0 Å². The van der Waals surface area contributed by atoms with Crippen molar-refractivity contribution in [3.63, 3.8) is 0 Å². The number of morpholine rings is 1. The molecule has 1 N–H and O–H groups in total. The highest BCUT2D eigenvalue weighted by Gasteiger charge is 2.46. The monoisotopic (exact) mass is 251 g/mol. The van der Waals surface area contributed by atoms with Gasteiger partial charge in [0, 0.05) is 11.6 Å². The maximum atomic E-state index is 6.22. The van der Waals surface area contributed by atoms with E-state index in [1.54, 1.807) is 0 Å². The molecule has 1 spiro atoms. The van der Waals surface area contributed by atoms with Gasteiger partial charge in [0.05, 0.1) is 12.7 Å². The predicted octanol–water partition coefficient (Wildman–Crippen LogP) is 3.50. The van der Waals surface area contributed by atoms with Crippen LogP contribution in [0.4, 0.5) is 0 Å². The zero-order chi connectivity index (χ0) is 12.8. The van der Waals surface area contributed by atoms with Crippen LogP contribution < -0.4 is 5.32 Å². The van der Waals surface area contributed by atoms with Gasteiger partial charge in [-0.2, -0.15) is 0 Å². The number of rotatable bonds is 0. The van der Waals surface area contributed by atoms with E-state index in [0.717, 1.165) is 12.5 Å². The third-order valence-electron chi connectivity index (χ3n) is 5.64. The van der Waals surface area contributed by atoms with Crippen LogP contribution in [0.1, 0.15) is 65.7 Å². The van der Waals surface area contributed by atoms with Crippen LogP contribution in [-0.2, 0) is 4.74 Å². The van der Waals surface area contributed by atoms with Crippen molar-refractivity contribution >= 4 is 0 Å². The molecule has 0 aromatic heterocycles. The van der Waals surface area contributed by atoms with E-state index in [1.807, 2.05) is 0 Å². The molecule has 1 heterocycles. The molecule has 2 heteroatoms. The summed E-state index contributed by atoms with van der Waals surface area (Å²) in [6.45, 7) is 8.15. The largest absolute Gasteiger partial charge is 0.375 e. The molecule has 3 unspecified atom stereocenters. The van der Waals surface area contributed by atoms with Gasteiger partial charge in [0.25, 0.3) is 0 Å². The van der Waals surface area contributed by atoms with Gasteiger partial charge in [-0.25, -0.2) is 0 Å². The van der Waals surface area contributed by atoms with E-state index in [0.29, 0.717) is 23.1 Å². The second-order valence-electron chi connectivity index (χ2n) is 7.96. The number of fused-ring (bicyclic) bond motifs is 1. The lowest BCUT2D eigenvalue weighted by atomic mass is 9.69. The summed E-state index contributed by atoms with van der Waals surface area (Å²) >= 11 is 0. The topological polar surface area (TPSA) is 21.3 Å². The first-order chi connectivity index (χ1) is 8.49. The highest BCUT2D eigenvalue weighted by Crippen LogP contribution is 2.42. The molecule has 1 aliphatic heterocycles. The summed E-state index contributed by atoms with van der Waals surface area (Å²) in [5.41, 5.74) is 0.799. The molecule has 0 bridgehead atoms. The summed E-state index contributed by atoms with van der Waals surface area (Å²) in [7, 11) is 0. The van der Waals surface area contributed by atoms with Gasteiger partial charge in [0.1, 0.15) is 0 Å². The Kier molecular flexibility index (Phi) is 3.22. The lowest BCUT2D eigenvalue weighted by Gasteiger charge is -2.49. The van der Waals surface area contributed by atoms with Crippen molar-refractivity contribution in [3.05, 3.63) is 0 Å². The standard InChI is InChI=1S/C16H29NO/c1-15(2,3)12-6-7-14-13(10-12)17-16(11-18-14)8-4-5-9-16/h12-14,17H,4-11H2,1-3H3. The number of nitrogens with one attached hydrogen (secondary N) is 1. The molecule has 2 nitrogen and oxygen atoms in total. The van der Waals surface area contributed by atoms with E-state index in [4.69, 9.17) is 4.74 Å². The first-order valence-corrected chi connectivity index (χ1v) is 7.88. The fourth-order valence-corrected chi connectivity index (χ4v) is 4.32. The van der Waals surface area contributed by atoms with Gasteiger partial charge in [0.15, 0.2) is 0 Å². The molecule has 18 heavy (non-hydrogen) atoms. The fourth-order valence-electron chi connectivity index (χ4n) is 4.32. The maximum absolute atomic E-state index is 6.22. The Morgan fingerprint density at radius 3 is 2.50 bits per heavy atom. The third-order valence-corrected chi connectivity index (χ3v) is 5.64. The van der Waals surface area contributed by atoms with Gasteiger partial charge in [-0.1, -0.05) is 33.6 Å². The van der Waals surface area contributed by atoms with E-state index in [2.05, 4.69) is 26.1 Å². The summed E-state index contributed by atoms with van der Waals surface area (Å²) in [5.74, 6) is 0.853. The van der Waals surface area contributed by atoms with Crippen molar-refractivity contribution in [2.24, 2.45) is 11.3 Å². The molecular weight excluding hydrogens is 222 g/mol. The molecule has 0 radical (unpaired) electrons. The summed E-state index contributed by atoms with van der Waals surface area (Å²) in [6.07, 6.45) is 9.85. The zero-order valence-corrected chi connectivity index (χ0v) is 12.3. The first-order valence-electron chi connectivity index (χ1n) is 7.88. The first kappa shape index (κ1) is 12.9. The van der Waals surface area contributed by atoms with Crippen molar-refractivity contribution in [2.75, 3.05) is 6.61 Å². The molecule has 2 saturated carbocycles. The molecular formula is C16H29NO. The van der Waals surface area contributed by atoms with Gasteiger partial charge in [-0.05, 0) is 43.4 Å². The molecule has 3 rings (SSSR count). The van der Waals surface area contributed by atoms with Gasteiger partial charge in [-0.3, -0.25) is 0 Å². The van der Waals surface area contributed by atoms with Gasteiger partial charge in [-0.15, -0.1) is 0 Å². The minimum atomic E-state index is 0.348. The van der Waals surface area contributed by atoms with Gasteiger partial charge in [0.2, 0.25) is 0 Å². The van der Waals surface area contributed by atoms with Gasteiger partial charge < -0.3 is 10.1 Å². The smallest absolute Gasteiger partial charge is 0.0729 e. The molecule has 3 atom stereocenters. The van der Waals surface area contributed by atoms with Gasteiger partial charge >= 0.3 is 0 Å². The Labute approximate surface area is 112 Å². The highest BCUT2D eigenvalue weighted by atomic mass is 16.5. The molecule has 0 aromatic carbocycles. The SMILES string of the molecule is CC(C)(C)C1CCC2OCC3(CCCC3)NC2C1. The third kappa shape index (κ3) is 2.34. The van der Waals surface area contributed by atoms with E-state index in [1.165, 1.54) is 44.9 Å². The molecule has 3 aliphatic rings. The summed E-state index contributed by atoms with van der Waals surface area (Å²) in [5, 5.41) is 4.01. The summed E-state index contributed by atoms with van der Waals surface area (Å²) in [6, 6.07) is 0.620. The second kappa shape index (κ2) is 4.49. The van der Waals surface area contributed by atoms with E-state index < -0.39 is 0 Å². The van der Waals surface area contributed by atoms with E-state index in [9.17, 15) is 0 Å². The van der Waals surface area contributed by atoms with Crippen LogP contribution in [0.5, 0.6) is 0 Å². The van der Waals surface area contributed by atoms with Crippen LogP contribution in [0.15, 0.2) is 0 Å². The quantitative estimate of drug-likeness (QED) is 0.711. The van der Waals surface area contributed by atoms with Crippen molar-refractivity contribution in [3.8, 4) is 0 Å². The summed E-state index contributed by atoms with van der Waals surface area (Å²) < 4.78 is 6.22. The maximum Gasteiger partial charge on any atom is 0.0729 e.